The Hall–Kier alpha value is -2.62. The van der Waals surface area contributed by atoms with Gasteiger partial charge < -0.3 is 14.8 Å². The first-order chi connectivity index (χ1) is 12.0. The molecule has 1 heterocycles. The van der Waals surface area contributed by atoms with Crippen LogP contribution < -0.4 is 10.1 Å². The van der Waals surface area contributed by atoms with Crippen LogP contribution in [0.5, 0.6) is 5.75 Å². The van der Waals surface area contributed by atoms with E-state index in [2.05, 4.69) is 15.0 Å². The number of amides is 1. The fourth-order valence-electron chi connectivity index (χ4n) is 2.12. The highest BCUT2D eigenvalue weighted by Crippen LogP contribution is 2.35. The van der Waals surface area contributed by atoms with Gasteiger partial charge in [-0.2, -0.15) is 0 Å². The van der Waals surface area contributed by atoms with E-state index in [1.807, 2.05) is 0 Å². The van der Waals surface area contributed by atoms with Crippen LogP contribution in [0, 0.1) is 6.92 Å². The van der Waals surface area contributed by atoms with Gasteiger partial charge in [-0.15, -0.1) is 13.2 Å². The predicted molar refractivity (Wildman–Crippen MR) is 88.7 cm³/mol. The van der Waals surface area contributed by atoms with Gasteiger partial charge in [0.15, 0.2) is 5.13 Å². The number of carbonyl (C=O) groups is 2. The fourth-order valence-corrected chi connectivity index (χ4v) is 3.07. The first-order valence-corrected chi connectivity index (χ1v) is 8.13. The maximum atomic E-state index is 12.5. The highest BCUT2D eigenvalue weighted by Gasteiger charge is 2.31. The predicted octanol–water partition coefficient (Wildman–Crippen LogP) is 4.04. The maximum absolute atomic E-state index is 12.5. The van der Waals surface area contributed by atoms with Crippen molar-refractivity contribution in [1.29, 1.82) is 0 Å². The van der Waals surface area contributed by atoms with Gasteiger partial charge in [-0.1, -0.05) is 11.3 Å². The lowest BCUT2D eigenvalue weighted by molar-refractivity contribution is -0.274. The second kappa shape index (κ2) is 7.73. The molecule has 0 unspecified atom stereocenters. The van der Waals surface area contributed by atoms with Crippen molar-refractivity contribution in [2.45, 2.75) is 33.7 Å². The van der Waals surface area contributed by atoms with E-state index in [9.17, 15) is 22.8 Å². The summed E-state index contributed by atoms with van der Waals surface area (Å²) in [5, 5.41) is 2.75. The number of thiazole rings is 1. The molecule has 0 spiro atoms. The lowest BCUT2D eigenvalue weighted by atomic mass is 10.1. The number of ether oxygens (including phenoxy) is 2. The largest absolute Gasteiger partial charge is 0.573 e. The Kier molecular flexibility index (Phi) is 5.86. The lowest BCUT2D eigenvalue weighted by Crippen LogP contribution is -2.17. The van der Waals surface area contributed by atoms with Crippen molar-refractivity contribution in [1.82, 2.24) is 4.98 Å². The van der Waals surface area contributed by atoms with E-state index in [-0.39, 0.29) is 23.4 Å². The quantitative estimate of drug-likeness (QED) is 0.783. The van der Waals surface area contributed by atoms with E-state index < -0.39 is 12.3 Å². The fraction of sp³-hybridized carbons (Fsp3) is 0.312. The number of halogens is 3. The molecular weight excluding hydrogens is 373 g/mol. The Balaban J connectivity index is 2.46. The zero-order valence-corrected chi connectivity index (χ0v) is 14.9. The van der Waals surface area contributed by atoms with Gasteiger partial charge in [0, 0.05) is 19.4 Å². The summed E-state index contributed by atoms with van der Waals surface area (Å²) in [4.78, 5) is 27.0. The first kappa shape index (κ1) is 19.7. The summed E-state index contributed by atoms with van der Waals surface area (Å²) in [5.41, 5.74) is 1.17. The molecule has 0 fully saturated rings. The minimum Gasteiger partial charge on any atom is -0.460 e. The molecule has 0 aliphatic rings. The zero-order valence-electron chi connectivity index (χ0n) is 14.1. The first-order valence-electron chi connectivity index (χ1n) is 7.32. The van der Waals surface area contributed by atoms with Crippen LogP contribution in [0.15, 0.2) is 18.2 Å². The molecular formula is C16H15F3N2O4S. The van der Waals surface area contributed by atoms with E-state index in [1.165, 1.54) is 26.0 Å². The minimum absolute atomic E-state index is 0.120. The van der Waals surface area contributed by atoms with Gasteiger partial charge in [0.2, 0.25) is 5.91 Å². The molecule has 6 nitrogen and oxygen atoms in total. The van der Waals surface area contributed by atoms with E-state index in [1.54, 1.807) is 13.0 Å². The number of carbonyl (C=O) groups excluding carboxylic acids is 2. The number of rotatable bonds is 5. The van der Waals surface area contributed by atoms with Crippen LogP contribution in [-0.2, 0) is 20.9 Å². The number of aromatic nitrogens is 1. The number of benzene rings is 1. The van der Waals surface area contributed by atoms with E-state index >= 15 is 0 Å². The maximum Gasteiger partial charge on any atom is 0.573 e. The smallest absolute Gasteiger partial charge is 0.460 e. The number of hydrogen-bond acceptors (Lipinski definition) is 6. The number of anilines is 1. The molecule has 0 saturated heterocycles. The van der Waals surface area contributed by atoms with Crippen molar-refractivity contribution in [3.05, 3.63) is 28.6 Å². The highest BCUT2D eigenvalue weighted by atomic mass is 32.1. The SMILES string of the molecule is CC(=O)Nc1nc(-c2cc(C)cc(OC(F)(F)F)c2)c(COC(C)=O)s1. The van der Waals surface area contributed by atoms with Gasteiger partial charge in [-0.25, -0.2) is 4.98 Å². The third kappa shape index (κ3) is 5.73. The second-order valence-electron chi connectivity index (χ2n) is 5.33. The molecule has 0 aliphatic carbocycles. The molecule has 0 bridgehead atoms. The normalized spacial score (nSPS) is 11.2. The van der Waals surface area contributed by atoms with Crippen molar-refractivity contribution in [2.75, 3.05) is 5.32 Å². The number of nitrogens with one attached hydrogen (secondary N) is 1. The van der Waals surface area contributed by atoms with Gasteiger partial charge in [-0.3, -0.25) is 9.59 Å². The van der Waals surface area contributed by atoms with Gasteiger partial charge in [0.1, 0.15) is 12.4 Å². The Bertz CT molecular complexity index is 833. The van der Waals surface area contributed by atoms with Crippen molar-refractivity contribution in [2.24, 2.45) is 0 Å². The standard InChI is InChI=1S/C16H15F3N2O4S/c1-8-4-11(6-12(5-8)25-16(17,18)19)14-13(7-24-10(3)23)26-15(21-14)20-9(2)22/h4-6H,7H2,1-3H3,(H,20,21,22). The molecule has 1 amide bonds. The molecule has 0 saturated carbocycles. The van der Waals surface area contributed by atoms with Gasteiger partial charge in [0.25, 0.3) is 0 Å². The summed E-state index contributed by atoms with van der Waals surface area (Å²) in [7, 11) is 0. The second-order valence-corrected chi connectivity index (χ2v) is 6.42. The Morgan fingerprint density at radius 1 is 1.23 bits per heavy atom. The van der Waals surface area contributed by atoms with E-state index in [0.29, 0.717) is 21.7 Å². The number of nitrogens with zero attached hydrogens (tertiary/aromatic N) is 1. The Morgan fingerprint density at radius 2 is 1.92 bits per heavy atom. The molecule has 2 aromatic rings. The third-order valence-electron chi connectivity index (χ3n) is 2.94. The Labute approximate surface area is 150 Å². The summed E-state index contributed by atoms with van der Waals surface area (Å²) in [6.45, 7) is 4.02. The molecule has 1 aromatic carbocycles. The van der Waals surface area contributed by atoms with Gasteiger partial charge >= 0.3 is 12.3 Å². The van der Waals surface area contributed by atoms with Crippen molar-refractivity contribution in [3.63, 3.8) is 0 Å². The molecule has 1 aromatic heterocycles. The summed E-state index contributed by atoms with van der Waals surface area (Å²) in [6, 6.07) is 4.04. The van der Waals surface area contributed by atoms with Gasteiger partial charge in [-0.05, 0) is 30.7 Å². The molecule has 10 heteroatoms. The third-order valence-corrected chi connectivity index (χ3v) is 3.89. The molecule has 26 heavy (non-hydrogen) atoms. The monoisotopic (exact) mass is 388 g/mol. The van der Waals surface area contributed by atoms with Crippen LogP contribution in [0.1, 0.15) is 24.3 Å². The molecule has 0 radical (unpaired) electrons. The molecule has 2 rings (SSSR count). The molecule has 140 valence electrons. The van der Waals surface area contributed by atoms with Crippen molar-refractivity contribution < 1.29 is 32.2 Å². The van der Waals surface area contributed by atoms with Crippen LogP contribution >= 0.6 is 11.3 Å². The van der Waals surface area contributed by atoms with Crippen LogP contribution in [-0.4, -0.2) is 23.2 Å². The Morgan fingerprint density at radius 3 is 2.50 bits per heavy atom. The van der Waals surface area contributed by atoms with Gasteiger partial charge in [0.05, 0.1) is 10.6 Å². The summed E-state index contributed by atoms with van der Waals surface area (Å²) in [6.07, 6.45) is -4.82. The van der Waals surface area contributed by atoms with Crippen molar-refractivity contribution >= 4 is 28.3 Å². The summed E-state index contributed by atoms with van der Waals surface area (Å²) >= 11 is 1.07. The highest BCUT2D eigenvalue weighted by molar-refractivity contribution is 7.16. The molecule has 0 atom stereocenters. The molecule has 0 aliphatic heterocycles. The molecule has 1 N–H and O–H groups in total. The minimum atomic E-state index is -4.82. The average molecular weight is 388 g/mol. The summed E-state index contributed by atoms with van der Waals surface area (Å²) < 4.78 is 46.4. The number of aryl methyl sites for hydroxylation is 1. The summed E-state index contributed by atoms with van der Waals surface area (Å²) in [5.74, 6) is -1.26. The van der Waals surface area contributed by atoms with Crippen LogP contribution in [0.3, 0.4) is 0 Å². The topological polar surface area (TPSA) is 77.5 Å². The van der Waals surface area contributed by atoms with Crippen LogP contribution in [0.25, 0.3) is 11.3 Å². The van der Waals surface area contributed by atoms with Crippen LogP contribution in [0.4, 0.5) is 18.3 Å². The number of alkyl halides is 3. The zero-order chi connectivity index (χ0) is 19.5. The van der Waals surface area contributed by atoms with E-state index in [0.717, 1.165) is 11.3 Å². The number of esters is 1. The average Bonchev–Trinajstić information content (AvgIpc) is 2.84. The lowest BCUT2D eigenvalue weighted by Gasteiger charge is -2.11. The number of hydrogen-bond donors (Lipinski definition) is 1. The van der Waals surface area contributed by atoms with E-state index in [4.69, 9.17) is 4.74 Å². The van der Waals surface area contributed by atoms with Crippen LogP contribution in [0.2, 0.25) is 0 Å². The van der Waals surface area contributed by atoms with Crippen molar-refractivity contribution in [3.8, 4) is 17.0 Å².